The molecule has 160 valence electrons. The molecule has 0 amide bonds. The molecule has 0 fully saturated rings. The third-order valence-corrected chi connectivity index (χ3v) is 4.99. The number of nitrogens with zero attached hydrogens (tertiary/aromatic N) is 4. The summed E-state index contributed by atoms with van der Waals surface area (Å²) in [5.41, 5.74) is 2.93. The van der Waals surface area contributed by atoms with E-state index in [1.54, 1.807) is 23.2 Å². The lowest BCUT2D eigenvalue weighted by molar-refractivity contribution is 0.0525. The monoisotopic (exact) mass is 421 g/mol. The molecule has 0 unspecified atom stereocenters. The Morgan fingerprint density at radius 2 is 2.03 bits per heavy atom. The summed E-state index contributed by atoms with van der Waals surface area (Å²) in [6.07, 6.45) is 1.47. The Labute approximate surface area is 178 Å². The Morgan fingerprint density at radius 3 is 2.77 bits per heavy atom. The van der Waals surface area contributed by atoms with Gasteiger partial charge in [0, 0.05) is 31.1 Å². The molecular formula is C22H23N5O4. The van der Waals surface area contributed by atoms with Gasteiger partial charge in [0.25, 0.3) is 5.56 Å². The fourth-order valence-electron chi connectivity index (χ4n) is 3.50. The molecule has 0 atom stereocenters. The van der Waals surface area contributed by atoms with E-state index in [2.05, 4.69) is 15.6 Å². The second-order valence-corrected chi connectivity index (χ2v) is 7.12. The van der Waals surface area contributed by atoms with Crippen LogP contribution in [0.15, 0.2) is 51.9 Å². The minimum absolute atomic E-state index is 0.169. The van der Waals surface area contributed by atoms with Gasteiger partial charge in [-0.3, -0.25) is 4.79 Å². The first kappa shape index (κ1) is 20.5. The van der Waals surface area contributed by atoms with Crippen molar-refractivity contribution < 1.29 is 14.1 Å². The molecule has 1 aromatic carbocycles. The predicted molar refractivity (Wildman–Crippen MR) is 114 cm³/mol. The minimum Gasteiger partial charge on any atom is -0.462 e. The van der Waals surface area contributed by atoms with Gasteiger partial charge in [-0.15, -0.1) is 0 Å². The molecule has 4 aromatic rings. The number of hydrogen-bond acceptors (Lipinski definition) is 7. The van der Waals surface area contributed by atoms with E-state index in [0.29, 0.717) is 35.8 Å². The zero-order valence-corrected chi connectivity index (χ0v) is 17.6. The first-order valence-corrected chi connectivity index (χ1v) is 9.95. The molecule has 0 saturated heterocycles. The lowest BCUT2D eigenvalue weighted by atomic mass is 10.1. The highest BCUT2D eigenvalue weighted by Crippen LogP contribution is 2.23. The van der Waals surface area contributed by atoms with Crippen molar-refractivity contribution in [1.29, 1.82) is 0 Å². The molecule has 0 aliphatic heterocycles. The van der Waals surface area contributed by atoms with Crippen LogP contribution in [-0.4, -0.2) is 32.1 Å². The number of benzene rings is 1. The number of para-hydroxylation sites is 1. The highest BCUT2D eigenvalue weighted by atomic mass is 16.5. The smallest absolute Gasteiger partial charge is 0.341 e. The molecule has 3 heterocycles. The second-order valence-electron chi connectivity index (χ2n) is 7.12. The maximum absolute atomic E-state index is 12.6. The van der Waals surface area contributed by atoms with Gasteiger partial charge < -0.3 is 19.1 Å². The van der Waals surface area contributed by atoms with Crippen LogP contribution in [0.3, 0.4) is 0 Å². The number of aryl methyl sites for hydroxylation is 2. The van der Waals surface area contributed by atoms with Crippen molar-refractivity contribution in [2.75, 3.05) is 6.61 Å². The molecule has 3 aromatic heterocycles. The van der Waals surface area contributed by atoms with Crippen LogP contribution in [0.25, 0.3) is 16.6 Å². The van der Waals surface area contributed by atoms with Crippen molar-refractivity contribution in [3.8, 4) is 5.69 Å². The van der Waals surface area contributed by atoms with Crippen molar-refractivity contribution in [2.24, 2.45) is 7.05 Å². The number of hydrogen-bond donors (Lipinski definition) is 1. The SMILES string of the molecule is CCOC(=O)c1cnn(-c2cc(=O)n(C)c3ccccc23)c1CNCc1cc(C)no1. The second kappa shape index (κ2) is 8.57. The number of nitrogens with one attached hydrogen (secondary N) is 1. The fourth-order valence-corrected chi connectivity index (χ4v) is 3.50. The van der Waals surface area contributed by atoms with Gasteiger partial charge in [-0.05, 0) is 19.9 Å². The van der Waals surface area contributed by atoms with Crippen LogP contribution in [0.5, 0.6) is 0 Å². The van der Waals surface area contributed by atoms with Gasteiger partial charge in [0.2, 0.25) is 0 Å². The van der Waals surface area contributed by atoms with Gasteiger partial charge in [-0.25, -0.2) is 9.48 Å². The van der Waals surface area contributed by atoms with Gasteiger partial charge >= 0.3 is 5.97 Å². The summed E-state index contributed by atoms with van der Waals surface area (Å²) in [6, 6.07) is 10.9. The topological polar surface area (TPSA) is 104 Å². The highest BCUT2D eigenvalue weighted by Gasteiger charge is 2.21. The predicted octanol–water partition coefficient (Wildman–Crippen LogP) is 2.49. The van der Waals surface area contributed by atoms with E-state index in [1.807, 2.05) is 37.3 Å². The van der Waals surface area contributed by atoms with Crippen molar-refractivity contribution >= 4 is 16.9 Å². The van der Waals surface area contributed by atoms with Gasteiger partial charge in [0.05, 0.1) is 41.9 Å². The number of aromatic nitrogens is 4. The molecule has 9 heteroatoms. The summed E-state index contributed by atoms with van der Waals surface area (Å²) < 4.78 is 13.6. The van der Waals surface area contributed by atoms with Gasteiger partial charge in [0.15, 0.2) is 5.76 Å². The number of carbonyl (C=O) groups excluding carboxylic acids is 1. The molecule has 0 aliphatic rings. The largest absolute Gasteiger partial charge is 0.462 e. The molecule has 1 N–H and O–H groups in total. The maximum atomic E-state index is 12.6. The standard InChI is InChI=1S/C22H23N5O4/c1-4-30-22(29)17-12-24-27(20(17)13-23-11-15-9-14(2)25-31-15)19-10-21(28)26(3)18-8-6-5-7-16(18)19/h5-10,12,23H,4,11,13H2,1-3H3. The Kier molecular flexibility index (Phi) is 5.68. The Balaban J connectivity index is 1.77. The summed E-state index contributed by atoms with van der Waals surface area (Å²) >= 11 is 0. The Morgan fingerprint density at radius 1 is 1.23 bits per heavy atom. The third kappa shape index (κ3) is 3.99. The summed E-state index contributed by atoms with van der Waals surface area (Å²) in [5.74, 6) is 0.217. The van der Waals surface area contributed by atoms with Crippen LogP contribution in [0, 0.1) is 6.92 Å². The normalized spacial score (nSPS) is 11.2. The van der Waals surface area contributed by atoms with Crippen molar-refractivity contribution in [1.82, 2.24) is 24.8 Å². The van der Waals surface area contributed by atoms with Crippen LogP contribution in [0.1, 0.15) is 34.4 Å². The van der Waals surface area contributed by atoms with E-state index in [9.17, 15) is 9.59 Å². The quantitative estimate of drug-likeness (QED) is 0.457. The summed E-state index contributed by atoms with van der Waals surface area (Å²) in [4.78, 5) is 25.1. The number of rotatable bonds is 7. The van der Waals surface area contributed by atoms with E-state index in [4.69, 9.17) is 9.26 Å². The average molecular weight is 421 g/mol. The lowest BCUT2D eigenvalue weighted by Crippen LogP contribution is -2.21. The van der Waals surface area contributed by atoms with Crippen LogP contribution in [0.2, 0.25) is 0 Å². The molecule has 0 saturated carbocycles. The zero-order chi connectivity index (χ0) is 22.0. The maximum Gasteiger partial charge on any atom is 0.341 e. The first-order valence-electron chi connectivity index (χ1n) is 9.95. The number of ether oxygens (including phenoxy) is 1. The molecular weight excluding hydrogens is 398 g/mol. The molecule has 9 nitrogen and oxygen atoms in total. The molecule has 0 spiro atoms. The summed E-state index contributed by atoms with van der Waals surface area (Å²) in [7, 11) is 1.73. The number of fused-ring (bicyclic) bond motifs is 1. The third-order valence-electron chi connectivity index (χ3n) is 4.99. The Hall–Kier alpha value is -3.72. The van der Waals surface area contributed by atoms with Crippen LogP contribution in [0.4, 0.5) is 0 Å². The number of pyridine rings is 1. The summed E-state index contributed by atoms with van der Waals surface area (Å²) in [5, 5.41) is 12.4. The lowest BCUT2D eigenvalue weighted by Gasteiger charge is -2.14. The van der Waals surface area contributed by atoms with E-state index in [0.717, 1.165) is 16.6 Å². The van der Waals surface area contributed by atoms with Crippen molar-refractivity contribution in [3.05, 3.63) is 75.7 Å². The van der Waals surface area contributed by atoms with Gasteiger partial charge in [0.1, 0.15) is 5.56 Å². The Bertz CT molecular complexity index is 1300. The zero-order valence-electron chi connectivity index (χ0n) is 17.6. The number of esters is 1. The van der Waals surface area contributed by atoms with E-state index in [1.165, 1.54) is 12.3 Å². The van der Waals surface area contributed by atoms with Gasteiger partial charge in [-0.1, -0.05) is 23.4 Å². The van der Waals surface area contributed by atoms with E-state index < -0.39 is 5.97 Å². The van der Waals surface area contributed by atoms with E-state index in [-0.39, 0.29) is 12.2 Å². The van der Waals surface area contributed by atoms with Crippen LogP contribution in [-0.2, 0) is 24.9 Å². The van der Waals surface area contributed by atoms with E-state index >= 15 is 0 Å². The molecule has 31 heavy (non-hydrogen) atoms. The molecule has 0 aliphatic carbocycles. The first-order chi connectivity index (χ1) is 15.0. The fraction of sp³-hybridized carbons (Fsp3) is 0.273. The van der Waals surface area contributed by atoms with Gasteiger partial charge in [-0.2, -0.15) is 5.10 Å². The average Bonchev–Trinajstić information content (AvgIpc) is 3.37. The molecule has 0 radical (unpaired) electrons. The highest BCUT2D eigenvalue weighted by molar-refractivity contribution is 5.92. The number of carbonyl (C=O) groups is 1. The summed E-state index contributed by atoms with van der Waals surface area (Å²) in [6.45, 7) is 4.58. The molecule has 0 bridgehead atoms. The molecule has 4 rings (SSSR count). The van der Waals surface area contributed by atoms with Crippen molar-refractivity contribution in [3.63, 3.8) is 0 Å². The van der Waals surface area contributed by atoms with Crippen molar-refractivity contribution in [2.45, 2.75) is 26.9 Å². The minimum atomic E-state index is -0.464. The van der Waals surface area contributed by atoms with Crippen LogP contribution >= 0.6 is 0 Å². The van der Waals surface area contributed by atoms with Crippen LogP contribution < -0.4 is 10.9 Å².